The molecule has 1 aliphatic heterocycles. The minimum atomic E-state index is -3.85. The van der Waals surface area contributed by atoms with Crippen LogP contribution >= 0.6 is 23.2 Å². The molecule has 0 bridgehead atoms. The molecule has 0 radical (unpaired) electrons. The summed E-state index contributed by atoms with van der Waals surface area (Å²) in [5.41, 5.74) is 0.176. The Kier molecular flexibility index (Phi) is 5.57. The van der Waals surface area contributed by atoms with Gasteiger partial charge in [0, 0.05) is 0 Å². The molecule has 1 heterocycles. The molecule has 5 nitrogen and oxygen atoms in total. The molecule has 2 rings (SSSR count). The summed E-state index contributed by atoms with van der Waals surface area (Å²) in [7, 11) is -3.85. The van der Waals surface area contributed by atoms with Crippen LogP contribution in [0.25, 0.3) is 5.32 Å². The number of amidine groups is 1. The third kappa shape index (κ3) is 3.77. The van der Waals surface area contributed by atoms with Crippen molar-refractivity contribution in [2.24, 2.45) is 4.40 Å². The van der Waals surface area contributed by atoms with Gasteiger partial charge in [-0.15, -0.1) is 0 Å². The average molecular weight is 331 g/mol. The van der Waals surface area contributed by atoms with Crippen molar-refractivity contribution in [2.75, 3.05) is 0 Å². The van der Waals surface area contributed by atoms with Gasteiger partial charge >= 0.3 is 29.6 Å². The predicted octanol–water partition coefficient (Wildman–Crippen LogP) is 0.486. The summed E-state index contributed by atoms with van der Waals surface area (Å²) >= 11 is 11.6. The maximum absolute atomic E-state index is 11.9. The smallest absolute Gasteiger partial charge is 0.498 e. The Labute approximate surface area is 143 Å². The molecule has 1 aromatic carbocycles. The van der Waals surface area contributed by atoms with E-state index in [1.54, 1.807) is 13.8 Å². The quantitative estimate of drug-likeness (QED) is 0.703. The molecule has 0 saturated heterocycles. The molecule has 98 valence electrons. The number of nitrogens with zero attached hydrogens (tertiary/aromatic N) is 2. The van der Waals surface area contributed by atoms with Gasteiger partial charge in [0.05, 0.1) is 21.0 Å². The standard InChI is InChI=1S/C10H9Cl2N2O3S.Na/c1-5(2)17-10-13-8-3-6(11)7(12)4-9(8)18(15,16)14-10;/h3-5H,1-2H3;/q-1;+1. The van der Waals surface area contributed by atoms with Crippen LogP contribution in [0.1, 0.15) is 13.8 Å². The summed E-state index contributed by atoms with van der Waals surface area (Å²) < 4.78 is 32.4. The van der Waals surface area contributed by atoms with Gasteiger partial charge in [0.2, 0.25) is 10.0 Å². The zero-order valence-electron chi connectivity index (χ0n) is 10.5. The Balaban J connectivity index is 0.00000180. The van der Waals surface area contributed by atoms with E-state index in [9.17, 15) is 8.42 Å². The van der Waals surface area contributed by atoms with E-state index >= 15 is 0 Å². The molecular weight excluding hydrogens is 322 g/mol. The zero-order chi connectivity index (χ0) is 13.5. The monoisotopic (exact) mass is 330 g/mol. The maximum Gasteiger partial charge on any atom is 1.00 e. The van der Waals surface area contributed by atoms with Crippen molar-refractivity contribution in [1.29, 1.82) is 0 Å². The van der Waals surface area contributed by atoms with E-state index in [1.807, 2.05) is 0 Å². The summed E-state index contributed by atoms with van der Waals surface area (Å²) in [6, 6.07) is 2.40. The zero-order valence-corrected chi connectivity index (χ0v) is 14.8. The molecular formula is C10H9Cl2N2NaO3S. The second kappa shape index (κ2) is 6.20. The molecule has 0 saturated carbocycles. The molecule has 9 heteroatoms. The van der Waals surface area contributed by atoms with Crippen molar-refractivity contribution < 1.29 is 42.7 Å². The van der Waals surface area contributed by atoms with E-state index in [4.69, 9.17) is 27.9 Å². The van der Waals surface area contributed by atoms with Crippen LogP contribution in [0.5, 0.6) is 0 Å². The summed E-state index contributed by atoms with van der Waals surface area (Å²) in [6.07, 6.45) is -0.230. The van der Waals surface area contributed by atoms with E-state index in [0.29, 0.717) is 0 Å². The first kappa shape index (κ1) is 17.1. The molecule has 0 aliphatic carbocycles. The van der Waals surface area contributed by atoms with Gasteiger partial charge in [-0.05, 0) is 31.7 Å². The number of sulfonamides is 1. The second-order valence-corrected chi connectivity index (χ2v) is 6.25. The Morgan fingerprint density at radius 1 is 1.26 bits per heavy atom. The minimum absolute atomic E-state index is 0. The molecule has 0 fully saturated rings. The first-order chi connectivity index (χ1) is 8.29. The van der Waals surface area contributed by atoms with Gasteiger partial charge in [-0.1, -0.05) is 23.2 Å². The van der Waals surface area contributed by atoms with Gasteiger partial charge < -0.3 is 14.5 Å². The first-order valence-corrected chi connectivity index (χ1v) is 7.21. The summed E-state index contributed by atoms with van der Waals surface area (Å²) in [5.74, 6) is 0. The van der Waals surface area contributed by atoms with Crippen LogP contribution in [0, 0.1) is 0 Å². The van der Waals surface area contributed by atoms with E-state index in [2.05, 4.69) is 9.71 Å². The van der Waals surface area contributed by atoms with Gasteiger partial charge in [-0.25, -0.2) is 8.42 Å². The second-order valence-electron chi connectivity index (χ2n) is 3.86. The Bertz CT molecular complexity index is 632. The largest absolute Gasteiger partial charge is 1.00 e. The number of benzene rings is 1. The van der Waals surface area contributed by atoms with Crippen LogP contribution < -0.4 is 29.6 Å². The number of hydrogen-bond acceptors (Lipinski definition) is 3. The maximum atomic E-state index is 11.9. The average Bonchev–Trinajstić information content (AvgIpc) is 2.19. The Hall–Kier alpha value is 0.0200. The summed E-state index contributed by atoms with van der Waals surface area (Å²) in [4.78, 5) is -0.0759. The summed E-state index contributed by atoms with van der Waals surface area (Å²) in [6.45, 7) is 3.49. The fourth-order valence-electron chi connectivity index (χ4n) is 1.35. The fourth-order valence-corrected chi connectivity index (χ4v) is 2.76. The normalized spacial score (nSPS) is 15.9. The van der Waals surface area contributed by atoms with Crippen molar-refractivity contribution in [1.82, 2.24) is 0 Å². The number of fused-ring (bicyclic) bond motifs is 1. The molecule has 0 N–H and O–H groups in total. The van der Waals surface area contributed by atoms with Crippen molar-refractivity contribution >= 4 is 44.9 Å². The van der Waals surface area contributed by atoms with Gasteiger partial charge in [0.25, 0.3) is 0 Å². The fraction of sp³-hybridized carbons (Fsp3) is 0.300. The Morgan fingerprint density at radius 2 is 1.84 bits per heavy atom. The first-order valence-electron chi connectivity index (χ1n) is 5.02. The van der Waals surface area contributed by atoms with Crippen LogP contribution in [0.4, 0.5) is 5.69 Å². The Morgan fingerprint density at radius 3 is 2.42 bits per heavy atom. The van der Waals surface area contributed by atoms with Crippen molar-refractivity contribution in [3.8, 4) is 0 Å². The molecule has 1 aromatic rings. The third-order valence-electron chi connectivity index (χ3n) is 2.04. The van der Waals surface area contributed by atoms with Gasteiger partial charge in [0.1, 0.15) is 6.02 Å². The molecule has 19 heavy (non-hydrogen) atoms. The molecule has 0 spiro atoms. The van der Waals surface area contributed by atoms with Crippen LogP contribution in [0.2, 0.25) is 10.0 Å². The van der Waals surface area contributed by atoms with Gasteiger partial charge in [0.15, 0.2) is 0 Å². The van der Waals surface area contributed by atoms with E-state index in [1.165, 1.54) is 12.1 Å². The van der Waals surface area contributed by atoms with Crippen molar-refractivity contribution in [2.45, 2.75) is 24.8 Å². The van der Waals surface area contributed by atoms with E-state index < -0.39 is 10.0 Å². The topological polar surface area (TPSA) is 69.8 Å². The van der Waals surface area contributed by atoms with Crippen LogP contribution in [-0.2, 0) is 14.8 Å². The van der Waals surface area contributed by atoms with Gasteiger partial charge in [-0.2, -0.15) is 0 Å². The third-order valence-corrected chi connectivity index (χ3v) is 4.04. The van der Waals surface area contributed by atoms with Gasteiger partial charge in [-0.3, -0.25) is 0 Å². The molecule has 1 aliphatic rings. The van der Waals surface area contributed by atoms with Crippen molar-refractivity contribution in [3.05, 3.63) is 27.5 Å². The molecule has 0 unspecified atom stereocenters. The molecule has 0 amide bonds. The van der Waals surface area contributed by atoms with Crippen LogP contribution in [-0.4, -0.2) is 20.5 Å². The number of halogens is 2. The van der Waals surface area contributed by atoms with Crippen LogP contribution in [0.15, 0.2) is 21.4 Å². The number of hydrogen-bond donors (Lipinski definition) is 0. The van der Waals surface area contributed by atoms with E-state index in [-0.39, 0.29) is 62.3 Å². The predicted molar refractivity (Wildman–Crippen MR) is 70.3 cm³/mol. The van der Waals surface area contributed by atoms with Crippen molar-refractivity contribution in [3.63, 3.8) is 0 Å². The number of rotatable bonds is 1. The number of ether oxygens (including phenoxy) is 1. The van der Waals surface area contributed by atoms with E-state index in [0.717, 1.165) is 0 Å². The van der Waals surface area contributed by atoms with Crippen LogP contribution in [0.3, 0.4) is 0 Å². The SMILES string of the molecule is CC(C)OC1=NS(=O)(=O)c2cc(Cl)c(Cl)cc2[N-]1.[Na+]. The minimum Gasteiger partial charge on any atom is -0.498 e. The summed E-state index contributed by atoms with van der Waals surface area (Å²) in [5, 5.41) is 4.35. The molecule has 0 atom stereocenters. The molecule has 0 aromatic heterocycles.